The smallest absolute Gasteiger partial charge is 0.305 e. The highest BCUT2D eigenvalue weighted by Gasteiger charge is 2.18. The Kier molecular flexibility index (Phi) is 7.14. The highest BCUT2D eigenvalue weighted by molar-refractivity contribution is 6.30. The van der Waals surface area contributed by atoms with Crippen LogP contribution in [-0.4, -0.2) is 34.3 Å². The predicted molar refractivity (Wildman–Crippen MR) is 104 cm³/mol. The number of benzene rings is 2. The molecule has 0 unspecified atom stereocenters. The average Bonchev–Trinajstić information content (AvgIpc) is 2.62. The number of aliphatic hydroxyl groups is 1. The lowest BCUT2D eigenvalue weighted by atomic mass is 9.99. The number of hydrogen-bond acceptors (Lipinski definition) is 4. The second-order valence-corrected chi connectivity index (χ2v) is 6.33. The van der Waals surface area contributed by atoms with Crippen LogP contribution in [0.1, 0.15) is 12.0 Å². The van der Waals surface area contributed by atoms with Gasteiger partial charge in [-0.05, 0) is 35.2 Å². The van der Waals surface area contributed by atoms with Gasteiger partial charge < -0.3 is 20.9 Å². The Hall–Kier alpha value is -3.12. The molecule has 0 saturated heterocycles. The van der Waals surface area contributed by atoms with Crippen molar-refractivity contribution >= 4 is 29.7 Å². The summed E-state index contributed by atoms with van der Waals surface area (Å²) in [6.45, 7) is 0. The third-order valence-corrected chi connectivity index (χ3v) is 4.06. The van der Waals surface area contributed by atoms with Crippen molar-refractivity contribution in [3.05, 3.63) is 71.0 Å². The largest absolute Gasteiger partial charge is 0.503 e. The highest BCUT2D eigenvalue weighted by atomic mass is 35.5. The first-order valence-electron chi connectivity index (χ1n) is 8.16. The van der Waals surface area contributed by atoms with Crippen molar-refractivity contribution < 1.29 is 19.8 Å². The molecule has 2 rings (SSSR count). The van der Waals surface area contributed by atoms with Gasteiger partial charge in [0.1, 0.15) is 0 Å². The minimum Gasteiger partial charge on any atom is -0.503 e. The van der Waals surface area contributed by atoms with Crippen LogP contribution in [0.4, 0.5) is 0 Å². The van der Waals surface area contributed by atoms with E-state index in [1.165, 1.54) is 0 Å². The van der Waals surface area contributed by atoms with Gasteiger partial charge in [0.2, 0.25) is 0 Å². The number of carbonyl (C=O) groups is 2. The van der Waals surface area contributed by atoms with E-state index in [0.29, 0.717) is 5.02 Å². The van der Waals surface area contributed by atoms with Crippen LogP contribution in [0.25, 0.3) is 11.1 Å². The molecular weight excluding hydrogens is 368 g/mol. The lowest BCUT2D eigenvalue weighted by Crippen LogP contribution is -2.38. The Labute approximate surface area is 161 Å². The first kappa shape index (κ1) is 20.2. The summed E-state index contributed by atoms with van der Waals surface area (Å²) >= 11 is 6.00. The van der Waals surface area contributed by atoms with Crippen LogP contribution in [0.15, 0.2) is 60.4 Å². The standard InChI is InChI=1S/C20H19ClN2O4/c21-16-3-1-2-15(11-16)14-6-4-13(5-7-14)10-17(12-19(25)26)23-20(27)18(24)8-9-22/h1-9,11,17,22,24H,10,12H2,(H,23,27)(H,25,26)/b18-8-,22-9?/t17-/m1/s1. The van der Waals surface area contributed by atoms with Crippen LogP contribution >= 0.6 is 11.6 Å². The van der Waals surface area contributed by atoms with Crippen molar-refractivity contribution in [1.82, 2.24) is 5.32 Å². The van der Waals surface area contributed by atoms with Gasteiger partial charge in [-0.25, -0.2) is 0 Å². The topological polar surface area (TPSA) is 110 Å². The molecular formula is C20H19ClN2O4. The molecule has 0 aromatic heterocycles. The monoisotopic (exact) mass is 386 g/mol. The number of allylic oxidation sites excluding steroid dienone is 1. The number of amides is 1. The molecule has 2 aromatic rings. The van der Waals surface area contributed by atoms with E-state index in [1.54, 1.807) is 6.07 Å². The zero-order valence-corrected chi connectivity index (χ0v) is 15.1. The van der Waals surface area contributed by atoms with Gasteiger partial charge in [-0.1, -0.05) is 48.0 Å². The molecule has 4 N–H and O–H groups in total. The third-order valence-electron chi connectivity index (χ3n) is 3.82. The van der Waals surface area contributed by atoms with Gasteiger partial charge in [0.25, 0.3) is 5.91 Å². The van der Waals surface area contributed by atoms with Gasteiger partial charge >= 0.3 is 5.97 Å². The van der Waals surface area contributed by atoms with E-state index in [0.717, 1.165) is 29.0 Å². The fraction of sp³-hybridized carbons (Fsp3) is 0.150. The lowest BCUT2D eigenvalue weighted by Gasteiger charge is -2.17. The molecule has 0 heterocycles. The maximum absolute atomic E-state index is 11.8. The molecule has 0 fully saturated rings. The first-order chi connectivity index (χ1) is 12.9. The van der Waals surface area contributed by atoms with Crippen molar-refractivity contribution in [3.63, 3.8) is 0 Å². The summed E-state index contributed by atoms with van der Waals surface area (Å²) in [7, 11) is 0. The first-order valence-corrected chi connectivity index (χ1v) is 8.54. The summed E-state index contributed by atoms with van der Waals surface area (Å²) in [6, 6.07) is 14.2. The van der Waals surface area contributed by atoms with Gasteiger partial charge in [0.05, 0.1) is 6.42 Å². The van der Waals surface area contributed by atoms with Crippen molar-refractivity contribution in [3.8, 4) is 11.1 Å². The van der Waals surface area contributed by atoms with E-state index in [-0.39, 0.29) is 12.8 Å². The van der Waals surface area contributed by atoms with Crippen LogP contribution in [0.3, 0.4) is 0 Å². The van der Waals surface area contributed by atoms with Crippen molar-refractivity contribution in [2.75, 3.05) is 0 Å². The summed E-state index contributed by atoms with van der Waals surface area (Å²) in [6.07, 6.45) is 1.69. The molecule has 0 aliphatic heterocycles. The Morgan fingerprint density at radius 3 is 2.41 bits per heavy atom. The molecule has 0 spiro atoms. The molecule has 6 nitrogen and oxygen atoms in total. The summed E-state index contributed by atoms with van der Waals surface area (Å²) in [5, 5.41) is 28.5. The number of carboxylic acid groups (broad SMARTS) is 1. The average molecular weight is 387 g/mol. The molecule has 0 bridgehead atoms. The Morgan fingerprint density at radius 2 is 1.81 bits per heavy atom. The number of hydrogen-bond donors (Lipinski definition) is 4. The zero-order valence-electron chi connectivity index (χ0n) is 14.4. The Balaban J connectivity index is 2.12. The van der Waals surface area contributed by atoms with Gasteiger partial charge in [0.15, 0.2) is 5.76 Å². The summed E-state index contributed by atoms with van der Waals surface area (Å²) in [4.78, 5) is 22.9. The minimum atomic E-state index is -1.06. The van der Waals surface area contributed by atoms with Crippen molar-refractivity contribution in [1.29, 1.82) is 5.41 Å². The molecule has 0 aliphatic carbocycles. The second kappa shape index (κ2) is 9.54. The van der Waals surface area contributed by atoms with Crippen molar-refractivity contribution in [2.24, 2.45) is 0 Å². The molecule has 0 saturated carbocycles. The third kappa shape index (κ3) is 6.27. The second-order valence-electron chi connectivity index (χ2n) is 5.90. The molecule has 1 amide bonds. The number of aliphatic carboxylic acids is 1. The molecule has 27 heavy (non-hydrogen) atoms. The number of rotatable bonds is 8. The molecule has 1 atom stereocenters. The normalized spacial score (nSPS) is 12.3. The van der Waals surface area contributed by atoms with Crippen LogP contribution in [0.5, 0.6) is 0 Å². The highest BCUT2D eigenvalue weighted by Crippen LogP contribution is 2.23. The van der Waals surface area contributed by atoms with E-state index in [1.807, 2.05) is 42.5 Å². The van der Waals surface area contributed by atoms with E-state index in [4.69, 9.17) is 22.1 Å². The van der Waals surface area contributed by atoms with Crippen molar-refractivity contribution in [2.45, 2.75) is 18.9 Å². The van der Waals surface area contributed by atoms with Gasteiger partial charge in [-0.3, -0.25) is 9.59 Å². The molecule has 0 radical (unpaired) electrons. The number of carboxylic acids is 1. The predicted octanol–water partition coefficient (Wildman–Crippen LogP) is 3.60. The van der Waals surface area contributed by atoms with Gasteiger partial charge in [-0.2, -0.15) is 0 Å². The number of halogens is 1. The number of aliphatic hydroxyl groups excluding tert-OH is 1. The van der Waals surface area contributed by atoms with Crippen LogP contribution in [0, 0.1) is 5.41 Å². The molecule has 140 valence electrons. The van der Waals surface area contributed by atoms with E-state index in [2.05, 4.69) is 5.32 Å². The molecule has 0 aliphatic rings. The van der Waals surface area contributed by atoms with Crippen LogP contribution in [-0.2, 0) is 16.0 Å². The molecule has 7 heteroatoms. The Bertz CT molecular complexity index is 863. The Morgan fingerprint density at radius 1 is 1.11 bits per heavy atom. The van der Waals surface area contributed by atoms with Gasteiger partial charge in [-0.15, -0.1) is 0 Å². The van der Waals surface area contributed by atoms with E-state index < -0.39 is 23.7 Å². The number of carbonyl (C=O) groups excluding carboxylic acids is 1. The van der Waals surface area contributed by atoms with Gasteiger partial charge in [0, 0.05) is 23.4 Å². The summed E-state index contributed by atoms with van der Waals surface area (Å²) < 4.78 is 0. The van der Waals surface area contributed by atoms with E-state index >= 15 is 0 Å². The maximum Gasteiger partial charge on any atom is 0.305 e. The zero-order chi connectivity index (χ0) is 19.8. The fourth-order valence-corrected chi connectivity index (χ4v) is 2.78. The fourth-order valence-electron chi connectivity index (χ4n) is 2.58. The maximum atomic E-state index is 11.8. The van der Waals surface area contributed by atoms with Crippen LogP contribution < -0.4 is 5.32 Å². The summed E-state index contributed by atoms with van der Waals surface area (Å²) in [5.41, 5.74) is 2.76. The quantitative estimate of drug-likeness (QED) is 0.315. The summed E-state index contributed by atoms with van der Waals surface area (Å²) in [5.74, 6) is -2.52. The number of nitrogens with one attached hydrogen (secondary N) is 2. The SMILES string of the molecule is N=C/C=C(\O)C(=O)N[C@@H](CC(=O)O)Cc1ccc(-c2cccc(Cl)c2)cc1. The molecule has 2 aromatic carbocycles. The lowest BCUT2D eigenvalue weighted by molar-refractivity contribution is -0.137. The van der Waals surface area contributed by atoms with E-state index in [9.17, 15) is 14.7 Å². The minimum absolute atomic E-state index is 0.283. The van der Waals surface area contributed by atoms with Crippen LogP contribution in [0.2, 0.25) is 5.02 Å².